The van der Waals surface area contributed by atoms with Crippen molar-refractivity contribution >= 4 is 16.8 Å². The van der Waals surface area contributed by atoms with Crippen molar-refractivity contribution in [2.24, 2.45) is 7.05 Å². The molecular weight excluding hydrogens is 411 g/mol. The molecule has 0 unspecified atom stereocenters. The van der Waals surface area contributed by atoms with E-state index in [-0.39, 0.29) is 23.7 Å². The third-order valence-electron chi connectivity index (χ3n) is 5.00. The molecule has 0 radical (unpaired) electrons. The molecule has 2 aromatic heterocycles. The second kappa shape index (κ2) is 8.07. The SMILES string of the molecule is COc1cc(-c2nc(Cc3cc4cn[nH]c4cc3F)n(C)n2)ccc1C(=O)NC(C)(C)C. The first-order chi connectivity index (χ1) is 15.1. The second-order valence-corrected chi connectivity index (χ2v) is 8.67. The lowest BCUT2D eigenvalue weighted by atomic mass is 10.1. The van der Waals surface area contributed by atoms with Gasteiger partial charge < -0.3 is 10.1 Å². The Labute approximate surface area is 184 Å². The van der Waals surface area contributed by atoms with Crippen molar-refractivity contribution in [3.63, 3.8) is 0 Å². The number of fused-ring (bicyclic) bond motifs is 1. The molecule has 0 bridgehead atoms. The number of aryl methyl sites for hydroxylation is 1. The van der Waals surface area contributed by atoms with Gasteiger partial charge in [0.1, 0.15) is 17.4 Å². The van der Waals surface area contributed by atoms with Crippen molar-refractivity contribution in [2.45, 2.75) is 32.7 Å². The monoisotopic (exact) mass is 436 g/mol. The van der Waals surface area contributed by atoms with E-state index in [2.05, 4.69) is 25.6 Å². The molecule has 4 rings (SSSR count). The number of carbonyl (C=O) groups is 1. The predicted octanol–water partition coefficient (Wildman–Crippen LogP) is 3.63. The van der Waals surface area contributed by atoms with Crippen molar-refractivity contribution in [2.75, 3.05) is 7.11 Å². The minimum atomic E-state index is -0.368. The molecule has 4 aromatic rings. The number of hydrogen-bond donors (Lipinski definition) is 2. The highest BCUT2D eigenvalue weighted by Gasteiger charge is 2.20. The fourth-order valence-electron chi connectivity index (χ4n) is 3.44. The number of carbonyl (C=O) groups excluding carboxylic acids is 1. The van der Waals surface area contributed by atoms with Gasteiger partial charge in [-0.25, -0.2) is 9.37 Å². The third kappa shape index (κ3) is 4.32. The minimum Gasteiger partial charge on any atom is -0.496 e. The van der Waals surface area contributed by atoms with E-state index in [0.29, 0.717) is 39.6 Å². The molecule has 0 atom stereocenters. The fraction of sp³-hybridized carbons (Fsp3) is 0.304. The quantitative estimate of drug-likeness (QED) is 0.498. The molecule has 0 spiro atoms. The Kier molecular flexibility index (Phi) is 5.41. The van der Waals surface area contributed by atoms with Crippen LogP contribution in [0.25, 0.3) is 22.3 Å². The Hall–Kier alpha value is -3.75. The Morgan fingerprint density at radius 1 is 1.25 bits per heavy atom. The zero-order chi connectivity index (χ0) is 23.0. The number of halogens is 1. The number of aromatic nitrogens is 5. The molecule has 0 saturated carbocycles. The van der Waals surface area contributed by atoms with Gasteiger partial charge >= 0.3 is 0 Å². The molecule has 0 aliphatic carbocycles. The van der Waals surface area contributed by atoms with Crippen LogP contribution in [-0.4, -0.2) is 43.5 Å². The van der Waals surface area contributed by atoms with Gasteiger partial charge in [0.15, 0.2) is 5.82 Å². The smallest absolute Gasteiger partial charge is 0.255 e. The Morgan fingerprint density at radius 3 is 2.75 bits per heavy atom. The number of H-pyrrole nitrogens is 1. The van der Waals surface area contributed by atoms with Gasteiger partial charge in [0.25, 0.3) is 5.91 Å². The molecule has 8 nitrogen and oxygen atoms in total. The van der Waals surface area contributed by atoms with Crippen molar-refractivity contribution < 1.29 is 13.9 Å². The van der Waals surface area contributed by atoms with Crippen LogP contribution in [0.3, 0.4) is 0 Å². The number of nitrogens with zero attached hydrogens (tertiary/aromatic N) is 4. The van der Waals surface area contributed by atoms with E-state index < -0.39 is 0 Å². The van der Waals surface area contributed by atoms with Crippen LogP contribution in [0, 0.1) is 5.82 Å². The molecule has 0 saturated heterocycles. The van der Waals surface area contributed by atoms with Gasteiger partial charge in [0, 0.05) is 30.0 Å². The van der Waals surface area contributed by atoms with E-state index in [0.717, 1.165) is 5.39 Å². The van der Waals surface area contributed by atoms with Crippen LogP contribution >= 0.6 is 0 Å². The van der Waals surface area contributed by atoms with Gasteiger partial charge in [0.2, 0.25) is 0 Å². The van der Waals surface area contributed by atoms with Crippen LogP contribution < -0.4 is 10.1 Å². The molecule has 2 aromatic carbocycles. The van der Waals surface area contributed by atoms with Gasteiger partial charge in [-0.1, -0.05) is 6.07 Å². The maximum Gasteiger partial charge on any atom is 0.255 e. The highest BCUT2D eigenvalue weighted by molar-refractivity contribution is 5.98. The van der Waals surface area contributed by atoms with Gasteiger partial charge in [-0.15, -0.1) is 0 Å². The first kappa shape index (κ1) is 21.5. The van der Waals surface area contributed by atoms with Crippen LogP contribution in [0.5, 0.6) is 5.75 Å². The van der Waals surface area contributed by atoms with Crippen LogP contribution in [0.4, 0.5) is 4.39 Å². The van der Waals surface area contributed by atoms with Crippen molar-refractivity contribution in [3.05, 3.63) is 59.3 Å². The number of nitrogens with one attached hydrogen (secondary N) is 2. The summed E-state index contributed by atoms with van der Waals surface area (Å²) in [5.41, 5.74) is 1.91. The maximum atomic E-state index is 14.5. The first-order valence-corrected chi connectivity index (χ1v) is 10.2. The molecule has 0 aliphatic heterocycles. The summed E-state index contributed by atoms with van der Waals surface area (Å²) in [6.45, 7) is 5.74. The fourth-order valence-corrected chi connectivity index (χ4v) is 3.44. The summed E-state index contributed by atoms with van der Waals surface area (Å²) >= 11 is 0. The van der Waals surface area contributed by atoms with E-state index in [1.807, 2.05) is 20.8 Å². The van der Waals surface area contributed by atoms with Gasteiger partial charge in [-0.05, 0) is 50.6 Å². The van der Waals surface area contributed by atoms with Crippen LogP contribution in [-0.2, 0) is 13.5 Å². The summed E-state index contributed by atoms with van der Waals surface area (Å²) < 4.78 is 21.6. The summed E-state index contributed by atoms with van der Waals surface area (Å²) in [7, 11) is 3.28. The molecule has 0 fully saturated rings. The number of rotatable bonds is 5. The largest absolute Gasteiger partial charge is 0.496 e. The van der Waals surface area contributed by atoms with Gasteiger partial charge in [-0.3, -0.25) is 14.6 Å². The molecule has 9 heteroatoms. The van der Waals surface area contributed by atoms with E-state index in [9.17, 15) is 9.18 Å². The summed E-state index contributed by atoms with van der Waals surface area (Å²) in [6.07, 6.45) is 1.93. The molecule has 1 amide bonds. The molecule has 32 heavy (non-hydrogen) atoms. The number of aromatic amines is 1. The Balaban J connectivity index is 1.63. The van der Waals surface area contributed by atoms with E-state index in [1.54, 1.807) is 42.2 Å². The average molecular weight is 436 g/mol. The average Bonchev–Trinajstić information content (AvgIpc) is 3.32. The van der Waals surface area contributed by atoms with Crippen LogP contribution in [0.2, 0.25) is 0 Å². The summed E-state index contributed by atoms with van der Waals surface area (Å²) in [4.78, 5) is 17.2. The van der Waals surface area contributed by atoms with Crippen molar-refractivity contribution in [1.29, 1.82) is 0 Å². The molecule has 2 heterocycles. The summed E-state index contributed by atoms with van der Waals surface area (Å²) in [5, 5.41) is 14.9. The zero-order valence-corrected chi connectivity index (χ0v) is 18.7. The van der Waals surface area contributed by atoms with E-state index >= 15 is 0 Å². The summed E-state index contributed by atoms with van der Waals surface area (Å²) in [5.74, 6) is 0.946. The van der Waals surface area contributed by atoms with E-state index in [4.69, 9.17) is 4.74 Å². The molecule has 0 aliphatic rings. The highest BCUT2D eigenvalue weighted by Crippen LogP contribution is 2.27. The first-order valence-electron chi connectivity index (χ1n) is 10.2. The van der Waals surface area contributed by atoms with Gasteiger partial charge in [-0.2, -0.15) is 10.2 Å². The maximum absolute atomic E-state index is 14.5. The normalized spacial score (nSPS) is 11.7. The van der Waals surface area contributed by atoms with Crippen molar-refractivity contribution in [1.82, 2.24) is 30.3 Å². The number of hydrogen-bond acceptors (Lipinski definition) is 5. The van der Waals surface area contributed by atoms with Crippen molar-refractivity contribution in [3.8, 4) is 17.1 Å². The van der Waals surface area contributed by atoms with Gasteiger partial charge in [0.05, 0.1) is 24.4 Å². The molecule has 2 N–H and O–H groups in total. The number of benzene rings is 2. The predicted molar refractivity (Wildman–Crippen MR) is 119 cm³/mol. The third-order valence-corrected chi connectivity index (χ3v) is 5.00. The van der Waals surface area contributed by atoms with Crippen LogP contribution in [0.1, 0.15) is 42.5 Å². The topological polar surface area (TPSA) is 97.7 Å². The minimum absolute atomic E-state index is 0.222. The number of ether oxygens (including phenoxy) is 1. The Bertz CT molecular complexity index is 1300. The Morgan fingerprint density at radius 2 is 2.03 bits per heavy atom. The standard InChI is InChI=1S/C23H25FN6O2/c1-23(2,3)27-22(31)16-7-6-13(9-19(16)32-5)21-26-20(30(4)29-21)10-14-8-15-12-25-28-18(15)11-17(14)24/h6-9,11-12H,10H2,1-5H3,(H,25,28)(H,27,31). The van der Waals surface area contributed by atoms with Crippen LogP contribution in [0.15, 0.2) is 36.5 Å². The highest BCUT2D eigenvalue weighted by atomic mass is 19.1. The molecular formula is C23H25FN6O2. The van der Waals surface area contributed by atoms with E-state index in [1.165, 1.54) is 13.2 Å². The second-order valence-electron chi connectivity index (χ2n) is 8.67. The zero-order valence-electron chi connectivity index (χ0n) is 18.7. The lowest BCUT2D eigenvalue weighted by molar-refractivity contribution is 0.0916. The number of amides is 1. The lowest BCUT2D eigenvalue weighted by Gasteiger charge is -2.21. The molecule has 166 valence electrons. The number of methoxy groups -OCH3 is 1. The summed E-state index contributed by atoms with van der Waals surface area (Å²) in [6, 6.07) is 8.39. The lowest BCUT2D eigenvalue weighted by Crippen LogP contribution is -2.40.